The number of fused-ring (bicyclic) bond motifs is 1. The van der Waals surface area contributed by atoms with Gasteiger partial charge < -0.3 is 13.7 Å². The predicted molar refractivity (Wildman–Crippen MR) is 94.8 cm³/mol. The first-order valence-corrected chi connectivity index (χ1v) is 8.76. The Bertz CT molecular complexity index is 897. The van der Waals surface area contributed by atoms with Gasteiger partial charge in [0.25, 0.3) is 5.91 Å². The van der Waals surface area contributed by atoms with Gasteiger partial charge in [0, 0.05) is 24.6 Å². The maximum atomic E-state index is 12.9. The Morgan fingerprint density at radius 2 is 1.80 bits per heavy atom. The zero-order valence-corrected chi connectivity index (χ0v) is 14.8. The summed E-state index contributed by atoms with van der Waals surface area (Å²) in [4.78, 5) is 19.4. The number of hydrogen-bond acceptors (Lipinski definition) is 4. The molecule has 3 heterocycles. The van der Waals surface area contributed by atoms with Crippen LogP contribution in [0.1, 0.15) is 52.1 Å². The lowest BCUT2D eigenvalue weighted by Crippen LogP contribution is -2.38. The van der Waals surface area contributed by atoms with E-state index in [0.717, 1.165) is 46.7 Å². The molecule has 25 heavy (non-hydrogen) atoms. The molecule has 1 saturated heterocycles. The number of aryl methyl sites for hydroxylation is 2. The van der Waals surface area contributed by atoms with E-state index in [1.165, 1.54) is 0 Å². The van der Waals surface area contributed by atoms with Gasteiger partial charge in [0.2, 0.25) is 0 Å². The van der Waals surface area contributed by atoms with E-state index in [9.17, 15) is 4.79 Å². The lowest BCUT2D eigenvalue weighted by molar-refractivity contribution is 0.0704. The first kappa shape index (κ1) is 15.9. The van der Waals surface area contributed by atoms with Crippen LogP contribution >= 0.6 is 0 Å². The summed E-state index contributed by atoms with van der Waals surface area (Å²) in [5.41, 5.74) is 3.40. The molecule has 0 bridgehead atoms. The summed E-state index contributed by atoms with van der Waals surface area (Å²) in [6, 6.07) is 7.83. The summed E-state index contributed by atoms with van der Waals surface area (Å²) in [7, 11) is 0. The second kappa shape index (κ2) is 6.06. The van der Waals surface area contributed by atoms with Crippen molar-refractivity contribution in [3.05, 3.63) is 52.8 Å². The first-order valence-electron chi connectivity index (χ1n) is 8.76. The van der Waals surface area contributed by atoms with Crippen molar-refractivity contribution in [1.82, 2.24) is 9.88 Å². The second-order valence-electron chi connectivity index (χ2n) is 6.80. The standard InChI is InChI=1S/C20H22N2O3/c1-12-13(2)24-14(3)18(12)20(23)22-10-8-15(9-11-22)19-21-16-6-4-5-7-17(16)25-19/h4-7,15H,8-11H2,1-3H3. The Kier molecular flexibility index (Phi) is 3.86. The number of rotatable bonds is 2. The molecular weight excluding hydrogens is 316 g/mol. The average molecular weight is 338 g/mol. The largest absolute Gasteiger partial charge is 0.466 e. The van der Waals surface area contributed by atoms with Gasteiger partial charge in [0.15, 0.2) is 11.5 Å². The smallest absolute Gasteiger partial charge is 0.257 e. The van der Waals surface area contributed by atoms with Crippen LogP contribution in [0.2, 0.25) is 0 Å². The number of furan rings is 1. The molecule has 1 amide bonds. The van der Waals surface area contributed by atoms with Crippen molar-refractivity contribution in [2.75, 3.05) is 13.1 Å². The fraction of sp³-hybridized carbons (Fsp3) is 0.400. The summed E-state index contributed by atoms with van der Waals surface area (Å²) in [6.45, 7) is 7.14. The first-order chi connectivity index (χ1) is 12.0. The number of benzene rings is 1. The van der Waals surface area contributed by atoms with Crippen molar-refractivity contribution < 1.29 is 13.6 Å². The number of amides is 1. The van der Waals surface area contributed by atoms with E-state index in [1.807, 2.05) is 49.9 Å². The van der Waals surface area contributed by atoms with Crippen molar-refractivity contribution >= 4 is 17.0 Å². The van der Waals surface area contributed by atoms with Crippen LogP contribution in [0.15, 0.2) is 33.1 Å². The third-order valence-corrected chi connectivity index (χ3v) is 5.22. The van der Waals surface area contributed by atoms with Crippen molar-refractivity contribution in [2.24, 2.45) is 0 Å². The number of piperidine rings is 1. The number of nitrogens with zero attached hydrogens (tertiary/aromatic N) is 2. The Morgan fingerprint density at radius 3 is 2.44 bits per heavy atom. The number of para-hydroxylation sites is 2. The van der Waals surface area contributed by atoms with Crippen LogP contribution in [0.3, 0.4) is 0 Å². The normalized spacial score (nSPS) is 15.9. The molecule has 5 heteroatoms. The molecule has 1 fully saturated rings. The molecule has 0 N–H and O–H groups in total. The predicted octanol–water partition coefficient (Wildman–Crippen LogP) is 4.37. The number of aromatic nitrogens is 1. The van der Waals surface area contributed by atoms with E-state index >= 15 is 0 Å². The van der Waals surface area contributed by atoms with Crippen LogP contribution in [0, 0.1) is 20.8 Å². The van der Waals surface area contributed by atoms with Gasteiger partial charge in [-0.15, -0.1) is 0 Å². The average Bonchev–Trinajstić information content (AvgIpc) is 3.15. The number of carbonyl (C=O) groups is 1. The number of hydrogen-bond donors (Lipinski definition) is 0. The highest BCUT2D eigenvalue weighted by atomic mass is 16.3. The lowest BCUT2D eigenvalue weighted by atomic mass is 9.96. The fourth-order valence-electron chi connectivity index (χ4n) is 3.66. The minimum atomic E-state index is 0.0721. The number of likely N-dealkylation sites (tertiary alicyclic amines) is 1. The molecule has 0 aliphatic carbocycles. The number of oxazole rings is 1. The Morgan fingerprint density at radius 1 is 1.08 bits per heavy atom. The van der Waals surface area contributed by atoms with Gasteiger partial charge in [-0.1, -0.05) is 12.1 Å². The Balaban J connectivity index is 1.48. The van der Waals surface area contributed by atoms with Crippen LogP contribution in [0.4, 0.5) is 0 Å². The SMILES string of the molecule is Cc1oc(C)c(C(=O)N2CCC(c3nc4ccccc4o3)CC2)c1C. The molecule has 0 unspecified atom stereocenters. The maximum absolute atomic E-state index is 12.9. The zero-order valence-electron chi connectivity index (χ0n) is 14.8. The van der Waals surface area contributed by atoms with Gasteiger partial charge in [0.1, 0.15) is 17.0 Å². The van der Waals surface area contributed by atoms with E-state index in [1.54, 1.807) is 0 Å². The topological polar surface area (TPSA) is 59.5 Å². The fourth-order valence-corrected chi connectivity index (χ4v) is 3.66. The molecule has 2 aromatic heterocycles. The molecule has 1 aliphatic rings. The molecule has 0 saturated carbocycles. The summed E-state index contributed by atoms with van der Waals surface area (Å²) in [5, 5.41) is 0. The molecule has 1 aromatic carbocycles. The van der Waals surface area contributed by atoms with E-state index in [-0.39, 0.29) is 11.8 Å². The van der Waals surface area contributed by atoms with E-state index in [2.05, 4.69) is 4.98 Å². The highest BCUT2D eigenvalue weighted by Gasteiger charge is 2.30. The molecule has 0 atom stereocenters. The highest BCUT2D eigenvalue weighted by molar-refractivity contribution is 5.97. The summed E-state index contributed by atoms with van der Waals surface area (Å²) in [6.07, 6.45) is 1.74. The molecule has 130 valence electrons. The molecule has 0 spiro atoms. The van der Waals surface area contributed by atoms with Crippen molar-refractivity contribution in [3.63, 3.8) is 0 Å². The highest BCUT2D eigenvalue weighted by Crippen LogP contribution is 2.31. The van der Waals surface area contributed by atoms with Gasteiger partial charge in [-0.25, -0.2) is 4.98 Å². The monoisotopic (exact) mass is 338 g/mol. The third-order valence-electron chi connectivity index (χ3n) is 5.22. The van der Waals surface area contributed by atoms with Gasteiger partial charge in [-0.2, -0.15) is 0 Å². The van der Waals surface area contributed by atoms with Gasteiger partial charge in [-0.05, 0) is 45.7 Å². The third kappa shape index (κ3) is 2.73. The minimum Gasteiger partial charge on any atom is -0.466 e. The van der Waals surface area contributed by atoms with Crippen molar-refractivity contribution in [1.29, 1.82) is 0 Å². The molecule has 5 nitrogen and oxygen atoms in total. The lowest BCUT2D eigenvalue weighted by Gasteiger charge is -2.30. The summed E-state index contributed by atoms with van der Waals surface area (Å²) < 4.78 is 11.5. The zero-order chi connectivity index (χ0) is 17.6. The van der Waals surface area contributed by atoms with Crippen LogP contribution in [-0.2, 0) is 0 Å². The van der Waals surface area contributed by atoms with Crippen molar-refractivity contribution in [2.45, 2.75) is 39.5 Å². The second-order valence-corrected chi connectivity index (χ2v) is 6.80. The molecule has 0 radical (unpaired) electrons. The van der Waals surface area contributed by atoms with E-state index < -0.39 is 0 Å². The van der Waals surface area contributed by atoms with E-state index in [0.29, 0.717) is 18.8 Å². The molecule has 1 aliphatic heterocycles. The van der Waals surface area contributed by atoms with Gasteiger partial charge >= 0.3 is 0 Å². The van der Waals surface area contributed by atoms with Crippen LogP contribution in [0.5, 0.6) is 0 Å². The minimum absolute atomic E-state index is 0.0721. The summed E-state index contributed by atoms with van der Waals surface area (Å²) in [5.74, 6) is 2.66. The number of carbonyl (C=O) groups excluding carboxylic acids is 1. The van der Waals surface area contributed by atoms with Gasteiger partial charge in [0.05, 0.1) is 5.56 Å². The van der Waals surface area contributed by atoms with Gasteiger partial charge in [-0.3, -0.25) is 4.79 Å². The quantitative estimate of drug-likeness (QED) is 0.696. The van der Waals surface area contributed by atoms with Crippen molar-refractivity contribution in [3.8, 4) is 0 Å². The molecular formula is C20H22N2O3. The molecule has 3 aromatic rings. The van der Waals surface area contributed by atoms with Crippen LogP contribution in [-0.4, -0.2) is 28.9 Å². The summed E-state index contributed by atoms with van der Waals surface area (Å²) >= 11 is 0. The molecule has 4 rings (SSSR count). The Hall–Kier alpha value is -2.56. The van der Waals surface area contributed by atoms with E-state index in [4.69, 9.17) is 8.83 Å². The maximum Gasteiger partial charge on any atom is 0.257 e. The Labute approximate surface area is 146 Å². The van der Waals surface area contributed by atoms with Crippen LogP contribution < -0.4 is 0 Å². The van der Waals surface area contributed by atoms with Crippen LogP contribution in [0.25, 0.3) is 11.1 Å².